The molecule has 7 heteroatoms. The topological polar surface area (TPSA) is 91.4 Å². The van der Waals surface area contributed by atoms with Gasteiger partial charge in [-0.05, 0) is 37.0 Å². The Morgan fingerprint density at radius 3 is 2.60 bits per heavy atom. The summed E-state index contributed by atoms with van der Waals surface area (Å²) in [6.07, 6.45) is 6.67. The van der Waals surface area contributed by atoms with E-state index < -0.39 is 0 Å². The van der Waals surface area contributed by atoms with Crippen molar-refractivity contribution in [3.63, 3.8) is 0 Å². The Bertz CT molecular complexity index is 689. The van der Waals surface area contributed by atoms with Crippen LogP contribution in [0.2, 0.25) is 0 Å². The molecule has 0 radical (unpaired) electrons. The number of carbonyl (C=O) groups is 3. The average molecular weight is 342 g/mol. The molecule has 2 aliphatic heterocycles. The van der Waals surface area contributed by atoms with Crippen LogP contribution in [0.3, 0.4) is 0 Å². The highest BCUT2D eigenvalue weighted by atomic mass is 16.2. The van der Waals surface area contributed by atoms with E-state index in [0.717, 1.165) is 18.4 Å². The van der Waals surface area contributed by atoms with Crippen molar-refractivity contribution < 1.29 is 14.4 Å². The lowest BCUT2D eigenvalue weighted by molar-refractivity contribution is -0.144. The SMILES string of the molecule is O=C1CC(NC(=O)[C@H]2CCC(=O)N(C3CC3)[C@@H]2c2ccncc2)CN1. The van der Waals surface area contributed by atoms with E-state index in [9.17, 15) is 14.4 Å². The molecule has 132 valence electrons. The average Bonchev–Trinajstić information content (AvgIpc) is 3.37. The number of hydrogen-bond donors (Lipinski definition) is 2. The molecule has 1 saturated carbocycles. The summed E-state index contributed by atoms with van der Waals surface area (Å²) in [5.41, 5.74) is 0.954. The highest BCUT2D eigenvalue weighted by molar-refractivity contribution is 5.86. The quantitative estimate of drug-likeness (QED) is 0.835. The number of amides is 3. The summed E-state index contributed by atoms with van der Waals surface area (Å²) >= 11 is 0. The first-order valence-electron chi connectivity index (χ1n) is 8.91. The van der Waals surface area contributed by atoms with Crippen molar-refractivity contribution in [1.29, 1.82) is 0 Å². The van der Waals surface area contributed by atoms with Crippen LogP contribution in [0.25, 0.3) is 0 Å². The van der Waals surface area contributed by atoms with Crippen molar-refractivity contribution in [2.75, 3.05) is 6.54 Å². The molecule has 1 aromatic rings. The van der Waals surface area contributed by atoms with E-state index in [2.05, 4.69) is 15.6 Å². The minimum atomic E-state index is -0.295. The van der Waals surface area contributed by atoms with E-state index in [4.69, 9.17) is 0 Å². The fourth-order valence-electron chi connectivity index (χ4n) is 3.94. The molecule has 0 bridgehead atoms. The van der Waals surface area contributed by atoms with E-state index in [1.54, 1.807) is 12.4 Å². The zero-order chi connectivity index (χ0) is 17.4. The summed E-state index contributed by atoms with van der Waals surface area (Å²) < 4.78 is 0. The maximum atomic E-state index is 12.9. The predicted molar refractivity (Wildman–Crippen MR) is 89.1 cm³/mol. The third-order valence-corrected chi connectivity index (χ3v) is 5.29. The van der Waals surface area contributed by atoms with Crippen LogP contribution < -0.4 is 10.6 Å². The second-order valence-corrected chi connectivity index (χ2v) is 7.12. The van der Waals surface area contributed by atoms with Gasteiger partial charge in [-0.3, -0.25) is 19.4 Å². The molecule has 0 aromatic carbocycles. The molecule has 3 fully saturated rings. The summed E-state index contributed by atoms with van der Waals surface area (Å²) in [5, 5.41) is 5.74. The molecule has 1 unspecified atom stereocenters. The van der Waals surface area contributed by atoms with Crippen molar-refractivity contribution in [3.8, 4) is 0 Å². The van der Waals surface area contributed by atoms with E-state index in [1.807, 2.05) is 17.0 Å². The summed E-state index contributed by atoms with van der Waals surface area (Å²) in [6, 6.07) is 3.61. The second-order valence-electron chi connectivity index (χ2n) is 7.12. The Labute approximate surface area is 146 Å². The van der Waals surface area contributed by atoms with Crippen molar-refractivity contribution in [1.82, 2.24) is 20.5 Å². The Kier molecular flexibility index (Phi) is 4.15. The van der Waals surface area contributed by atoms with Gasteiger partial charge in [0, 0.05) is 37.8 Å². The van der Waals surface area contributed by atoms with Gasteiger partial charge < -0.3 is 15.5 Å². The number of rotatable bonds is 4. The molecular weight excluding hydrogens is 320 g/mol. The van der Waals surface area contributed by atoms with E-state index >= 15 is 0 Å². The van der Waals surface area contributed by atoms with Crippen molar-refractivity contribution in [2.45, 2.75) is 50.2 Å². The van der Waals surface area contributed by atoms with Crippen LogP contribution in [0.4, 0.5) is 0 Å². The number of likely N-dealkylation sites (tertiary alicyclic amines) is 1. The minimum absolute atomic E-state index is 0.0330. The molecular formula is C18H22N4O3. The first-order valence-corrected chi connectivity index (χ1v) is 8.91. The minimum Gasteiger partial charge on any atom is -0.354 e. The summed E-state index contributed by atoms with van der Waals surface area (Å²) in [4.78, 5) is 42.8. The van der Waals surface area contributed by atoms with Crippen LogP contribution in [-0.2, 0) is 14.4 Å². The molecule has 2 N–H and O–H groups in total. The third kappa shape index (κ3) is 3.23. The predicted octanol–water partition coefficient (Wildman–Crippen LogP) is 0.528. The van der Waals surface area contributed by atoms with Gasteiger partial charge in [-0.25, -0.2) is 0 Å². The van der Waals surface area contributed by atoms with Gasteiger partial charge in [-0.1, -0.05) is 0 Å². The molecule has 7 nitrogen and oxygen atoms in total. The first kappa shape index (κ1) is 16.1. The molecule has 3 aliphatic rings. The second kappa shape index (κ2) is 6.46. The van der Waals surface area contributed by atoms with Gasteiger partial charge in [0.05, 0.1) is 18.0 Å². The van der Waals surface area contributed by atoms with Gasteiger partial charge >= 0.3 is 0 Å². The Hall–Kier alpha value is -2.44. The summed E-state index contributed by atoms with van der Waals surface area (Å²) in [6.45, 7) is 0.475. The number of piperidine rings is 1. The van der Waals surface area contributed by atoms with Crippen LogP contribution >= 0.6 is 0 Å². The van der Waals surface area contributed by atoms with E-state index in [-0.39, 0.29) is 41.8 Å². The fourth-order valence-corrected chi connectivity index (χ4v) is 3.94. The van der Waals surface area contributed by atoms with Gasteiger partial charge in [-0.15, -0.1) is 0 Å². The molecule has 25 heavy (non-hydrogen) atoms. The Morgan fingerprint density at radius 1 is 1.20 bits per heavy atom. The molecule has 3 atom stereocenters. The number of carbonyl (C=O) groups excluding carboxylic acids is 3. The monoisotopic (exact) mass is 342 g/mol. The van der Waals surface area contributed by atoms with Crippen molar-refractivity contribution in [2.24, 2.45) is 5.92 Å². The third-order valence-electron chi connectivity index (χ3n) is 5.29. The number of pyridine rings is 1. The lowest BCUT2D eigenvalue weighted by Crippen LogP contribution is -2.50. The van der Waals surface area contributed by atoms with Crippen LogP contribution in [0, 0.1) is 5.92 Å². The number of hydrogen-bond acceptors (Lipinski definition) is 4. The van der Waals surface area contributed by atoms with Gasteiger partial charge in [0.25, 0.3) is 0 Å². The molecule has 2 saturated heterocycles. The largest absolute Gasteiger partial charge is 0.354 e. The molecule has 4 rings (SSSR count). The maximum Gasteiger partial charge on any atom is 0.225 e. The number of nitrogens with one attached hydrogen (secondary N) is 2. The number of aromatic nitrogens is 1. The summed E-state index contributed by atoms with van der Waals surface area (Å²) in [7, 11) is 0. The van der Waals surface area contributed by atoms with Crippen LogP contribution in [0.5, 0.6) is 0 Å². The molecule has 1 aliphatic carbocycles. The lowest BCUT2D eigenvalue weighted by Gasteiger charge is -2.41. The zero-order valence-corrected chi connectivity index (χ0v) is 14.0. The number of nitrogens with zero attached hydrogens (tertiary/aromatic N) is 2. The Balaban J connectivity index is 1.58. The van der Waals surface area contributed by atoms with Crippen LogP contribution in [0.15, 0.2) is 24.5 Å². The Morgan fingerprint density at radius 2 is 1.96 bits per heavy atom. The highest BCUT2D eigenvalue weighted by Gasteiger charge is 2.46. The smallest absolute Gasteiger partial charge is 0.225 e. The molecule has 3 heterocycles. The van der Waals surface area contributed by atoms with Gasteiger partial charge in [0.1, 0.15) is 0 Å². The standard InChI is InChI=1S/C18H22N4O3/c23-15-9-12(10-20-15)21-18(25)14-3-4-16(24)22(13-1-2-13)17(14)11-5-7-19-8-6-11/h5-8,12-14,17H,1-4,9-10H2,(H,20,23)(H,21,25)/t12?,14-,17+/m0/s1. The summed E-state index contributed by atoms with van der Waals surface area (Å²) in [5.74, 6) is -0.265. The molecule has 0 spiro atoms. The normalized spacial score (nSPS) is 29.4. The van der Waals surface area contributed by atoms with E-state index in [1.165, 1.54) is 0 Å². The lowest BCUT2D eigenvalue weighted by atomic mass is 9.83. The zero-order valence-electron chi connectivity index (χ0n) is 14.0. The molecule has 1 aromatic heterocycles. The maximum absolute atomic E-state index is 12.9. The van der Waals surface area contributed by atoms with Crippen molar-refractivity contribution in [3.05, 3.63) is 30.1 Å². The van der Waals surface area contributed by atoms with Gasteiger partial charge in [0.15, 0.2) is 0 Å². The van der Waals surface area contributed by atoms with Crippen LogP contribution in [-0.4, -0.2) is 46.2 Å². The van der Waals surface area contributed by atoms with Crippen molar-refractivity contribution >= 4 is 17.7 Å². The van der Waals surface area contributed by atoms with Crippen LogP contribution in [0.1, 0.15) is 43.7 Å². The van der Waals surface area contributed by atoms with Gasteiger partial charge in [-0.2, -0.15) is 0 Å². The fraction of sp³-hybridized carbons (Fsp3) is 0.556. The van der Waals surface area contributed by atoms with Gasteiger partial charge in [0.2, 0.25) is 17.7 Å². The van der Waals surface area contributed by atoms with E-state index in [0.29, 0.717) is 25.8 Å². The molecule has 3 amide bonds. The highest BCUT2D eigenvalue weighted by Crippen LogP contribution is 2.43. The first-order chi connectivity index (χ1) is 12.1.